The van der Waals surface area contributed by atoms with Crippen LogP contribution in [0, 0.1) is 0 Å². The molecule has 3 aliphatic rings. The van der Waals surface area contributed by atoms with Gasteiger partial charge in [0.1, 0.15) is 11.6 Å². The maximum absolute atomic E-state index is 12.4. The van der Waals surface area contributed by atoms with Crippen LogP contribution in [0.1, 0.15) is 49.2 Å². The molecule has 1 N–H and O–H groups in total. The fraction of sp³-hybridized carbons (Fsp3) is 0.727. The van der Waals surface area contributed by atoms with Crippen LogP contribution in [0.15, 0.2) is 0 Å². The number of hydrogen-bond donors (Lipinski definition) is 1. The molecular weight excluding hydrogens is 396 g/mol. The number of anilines is 1. The Bertz CT molecular complexity index is 803. The zero-order valence-electron chi connectivity index (χ0n) is 18.7. The molecule has 0 saturated carbocycles. The zero-order valence-corrected chi connectivity index (χ0v) is 18.7. The predicted molar refractivity (Wildman–Crippen MR) is 117 cm³/mol. The summed E-state index contributed by atoms with van der Waals surface area (Å²) in [6.45, 7) is 8.35. The highest BCUT2D eigenvalue weighted by Gasteiger charge is 2.28. The Balaban J connectivity index is 1.33. The van der Waals surface area contributed by atoms with Gasteiger partial charge in [-0.3, -0.25) is 9.59 Å². The molecule has 0 unspecified atom stereocenters. The summed E-state index contributed by atoms with van der Waals surface area (Å²) in [7, 11) is 1.90. The van der Waals surface area contributed by atoms with Gasteiger partial charge in [-0.25, -0.2) is 9.97 Å². The number of amides is 2. The molecule has 2 saturated heterocycles. The summed E-state index contributed by atoms with van der Waals surface area (Å²) in [6.07, 6.45) is 3.35. The highest BCUT2D eigenvalue weighted by molar-refractivity contribution is 5.76. The van der Waals surface area contributed by atoms with Crippen LogP contribution in [0.25, 0.3) is 0 Å². The van der Waals surface area contributed by atoms with Gasteiger partial charge in [0, 0.05) is 58.1 Å². The fourth-order valence-electron chi connectivity index (χ4n) is 4.75. The van der Waals surface area contributed by atoms with E-state index in [4.69, 9.17) is 14.7 Å². The normalized spacial score (nSPS) is 20.5. The van der Waals surface area contributed by atoms with Crippen molar-refractivity contribution in [3.05, 3.63) is 17.1 Å². The minimum atomic E-state index is 0.0942. The molecule has 1 aromatic heterocycles. The average molecular weight is 431 g/mol. The molecule has 31 heavy (non-hydrogen) atoms. The van der Waals surface area contributed by atoms with E-state index in [0.717, 1.165) is 68.3 Å². The van der Waals surface area contributed by atoms with E-state index >= 15 is 0 Å². The Morgan fingerprint density at radius 1 is 1.06 bits per heavy atom. The molecule has 9 heteroatoms. The van der Waals surface area contributed by atoms with Crippen LogP contribution in [-0.2, 0) is 27.3 Å². The van der Waals surface area contributed by atoms with Gasteiger partial charge in [0.25, 0.3) is 0 Å². The van der Waals surface area contributed by atoms with Crippen molar-refractivity contribution >= 4 is 17.6 Å². The SMILES string of the molecule is CNc1nc(C2CCN(CCC(=O)N3CCOCC3)CC2)nc2c1CCN(C(C)=O)C2. The number of hydrogen-bond acceptors (Lipinski definition) is 7. The molecule has 0 radical (unpaired) electrons. The molecule has 4 rings (SSSR count). The molecular formula is C22H34N6O3. The number of fused-ring (bicyclic) bond motifs is 1. The van der Waals surface area contributed by atoms with Crippen molar-refractivity contribution in [1.82, 2.24) is 24.7 Å². The molecule has 0 atom stereocenters. The third-order valence-corrected chi connectivity index (χ3v) is 6.72. The van der Waals surface area contributed by atoms with Gasteiger partial charge in [0.05, 0.1) is 25.5 Å². The van der Waals surface area contributed by atoms with E-state index < -0.39 is 0 Å². The number of rotatable bonds is 5. The van der Waals surface area contributed by atoms with Crippen molar-refractivity contribution < 1.29 is 14.3 Å². The van der Waals surface area contributed by atoms with Crippen LogP contribution in [0.5, 0.6) is 0 Å². The van der Waals surface area contributed by atoms with Gasteiger partial charge in [-0.05, 0) is 32.4 Å². The molecule has 2 fully saturated rings. The van der Waals surface area contributed by atoms with E-state index in [1.807, 2.05) is 16.8 Å². The van der Waals surface area contributed by atoms with E-state index in [2.05, 4.69) is 10.2 Å². The first-order chi connectivity index (χ1) is 15.0. The molecule has 2 amide bonds. The number of carbonyl (C=O) groups is 2. The zero-order chi connectivity index (χ0) is 21.8. The summed E-state index contributed by atoms with van der Waals surface area (Å²) < 4.78 is 5.33. The van der Waals surface area contributed by atoms with Crippen molar-refractivity contribution in [3.8, 4) is 0 Å². The summed E-state index contributed by atoms with van der Waals surface area (Å²) in [6, 6.07) is 0. The van der Waals surface area contributed by atoms with Crippen molar-refractivity contribution in [1.29, 1.82) is 0 Å². The molecule has 0 aromatic carbocycles. The Morgan fingerprint density at radius 2 is 1.81 bits per heavy atom. The van der Waals surface area contributed by atoms with E-state index in [9.17, 15) is 9.59 Å². The monoisotopic (exact) mass is 430 g/mol. The highest BCUT2D eigenvalue weighted by atomic mass is 16.5. The van der Waals surface area contributed by atoms with E-state index in [0.29, 0.717) is 45.2 Å². The Kier molecular flexibility index (Phi) is 7.02. The first-order valence-corrected chi connectivity index (χ1v) is 11.5. The van der Waals surface area contributed by atoms with Crippen molar-refractivity contribution in [2.45, 2.75) is 45.1 Å². The number of carbonyl (C=O) groups excluding carboxylic acids is 2. The maximum atomic E-state index is 12.4. The van der Waals surface area contributed by atoms with E-state index in [1.165, 1.54) is 0 Å². The third-order valence-electron chi connectivity index (χ3n) is 6.72. The van der Waals surface area contributed by atoms with Gasteiger partial charge in [0.15, 0.2) is 0 Å². The smallest absolute Gasteiger partial charge is 0.224 e. The van der Waals surface area contributed by atoms with Crippen molar-refractivity contribution in [2.75, 3.05) is 64.8 Å². The van der Waals surface area contributed by atoms with Crippen LogP contribution in [0.3, 0.4) is 0 Å². The second kappa shape index (κ2) is 9.91. The quantitative estimate of drug-likeness (QED) is 0.741. The van der Waals surface area contributed by atoms with Gasteiger partial charge < -0.3 is 24.8 Å². The molecule has 0 spiro atoms. The van der Waals surface area contributed by atoms with Crippen LogP contribution in [0.2, 0.25) is 0 Å². The van der Waals surface area contributed by atoms with Crippen molar-refractivity contribution in [3.63, 3.8) is 0 Å². The second-order valence-electron chi connectivity index (χ2n) is 8.66. The topological polar surface area (TPSA) is 90.9 Å². The molecule has 3 aliphatic heterocycles. The lowest BCUT2D eigenvalue weighted by molar-refractivity contribution is -0.135. The number of likely N-dealkylation sites (tertiary alicyclic amines) is 1. The fourth-order valence-corrected chi connectivity index (χ4v) is 4.75. The summed E-state index contributed by atoms with van der Waals surface area (Å²) >= 11 is 0. The minimum absolute atomic E-state index is 0.0942. The molecule has 1 aromatic rings. The number of ether oxygens (including phenoxy) is 1. The Hall–Kier alpha value is -2.26. The van der Waals surface area contributed by atoms with Gasteiger partial charge in [-0.1, -0.05) is 0 Å². The lowest BCUT2D eigenvalue weighted by atomic mass is 9.95. The van der Waals surface area contributed by atoms with E-state index in [1.54, 1.807) is 6.92 Å². The number of nitrogens with zero attached hydrogens (tertiary/aromatic N) is 5. The molecule has 0 bridgehead atoms. The number of morpholine rings is 1. The average Bonchev–Trinajstić information content (AvgIpc) is 2.82. The van der Waals surface area contributed by atoms with Crippen LogP contribution >= 0.6 is 0 Å². The molecule has 0 aliphatic carbocycles. The predicted octanol–water partition coefficient (Wildman–Crippen LogP) is 0.851. The van der Waals surface area contributed by atoms with Gasteiger partial charge in [-0.2, -0.15) is 0 Å². The summed E-state index contributed by atoms with van der Waals surface area (Å²) in [5, 5.41) is 3.24. The Labute approximate surface area is 184 Å². The number of nitrogens with one attached hydrogen (secondary N) is 1. The first-order valence-electron chi connectivity index (χ1n) is 11.5. The first kappa shape index (κ1) is 22.0. The number of aromatic nitrogens is 2. The number of piperidine rings is 1. The van der Waals surface area contributed by atoms with Gasteiger partial charge >= 0.3 is 0 Å². The summed E-state index contributed by atoms with van der Waals surface area (Å²) in [5.41, 5.74) is 2.12. The third kappa shape index (κ3) is 5.15. The van der Waals surface area contributed by atoms with Gasteiger partial charge in [-0.15, -0.1) is 0 Å². The standard InChI is InChI=1S/C22H34N6O3/c1-16(29)28-10-5-18-19(15-28)24-21(25-22(18)23-2)17-3-7-26(8-4-17)9-6-20(30)27-11-13-31-14-12-27/h17H,3-15H2,1-2H3,(H,23,24,25). The Morgan fingerprint density at radius 3 is 2.48 bits per heavy atom. The van der Waals surface area contributed by atoms with Crippen LogP contribution < -0.4 is 5.32 Å². The van der Waals surface area contributed by atoms with Crippen LogP contribution in [-0.4, -0.2) is 96.0 Å². The lowest BCUT2D eigenvalue weighted by Gasteiger charge is -2.33. The highest BCUT2D eigenvalue weighted by Crippen LogP contribution is 2.30. The lowest BCUT2D eigenvalue weighted by Crippen LogP contribution is -2.42. The van der Waals surface area contributed by atoms with Crippen LogP contribution in [0.4, 0.5) is 5.82 Å². The molecule has 4 heterocycles. The maximum Gasteiger partial charge on any atom is 0.224 e. The minimum Gasteiger partial charge on any atom is -0.378 e. The van der Waals surface area contributed by atoms with Gasteiger partial charge in [0.2, 0.25) is 11.8 Å². The largest absolute Gasteiger partial charge is 0.378 e. The second-order valence-corrected chi connectivity index (χ2v) is 8.66. The molecule has 170 valence electrons. The summed E-state index contributed by atoms with van der Waals surface area (Å²) in [4.78, 5) is 40.1. The van der Waals surface area contributed by atoms with E-state index in [-0.39, 0.29) is 11.8 Å². The molecule has 9 nitrogen and oxygen atoms in total. The van der Waals surface area contributed by atoms with Crippen molar-refractivity contribution in [2.24, 2.45) is 0 Å². The summed E-state index contributed by atoms with van der Waals surface area (Å²) in [5.74, 6) is 2.43.